The van der Waals surface area contributed by atoms with Gasteiger partial charge in [-0.25, -0.2) is 0 Å². The van der Waals surface area contributed by atoms with Gasteiger partial charge in [0.1, 0.15) is 0 Å². The van der Waals surface area contributed by atoms with Gasteiger partial charge in [-0.2, -0.15) is 0 Å². The Labute approximate surface area is 147 Å². The van der Waals surface area contributed by atoms with E-state index in [1.165, 1.54) is 58.2 Å². The predicted octanol–water partition coefficient (Wildman–Crippen LogP) is 2.19. The summed E-state index contributed by atoms with van der Waals surface area (Å²) in [5, 5.41) is 3.58. The Hall–Kier alpha value is -0.810. The van der Waals surface area contributed by atoms with Crippen molar-refractivity contribution in [2.24, 2.45) is 16.3 Å². The molecule has 3 rings (SSSR count). The van der Waals surface area contributed by atoms with Gasteiger partial charge < -0.3 is 19.9 Å². The third-order valence-electron chi connectivity index (χ3n) is 6.20. The Morgan fingerprint density at radius 2 is 2.04 bits per heavy atom. The molecule has 3 aliphatic rings. The average Bonchev–Trinajstić information content (AvgIpc) is 3.23. The maximum Gasteiger partial charge on any atom is 0.193 e. The van der Waals surface area contributed by atoms with Crippen LogP contribution in [0.4, 0.5) is 0 Å². The maximum atomic E-state index is 5.63. The van der Waals surface area contributed by atoms with Gasteiger partial charge in [-0.3, -0.25) is 4.99 Å². The van der Waals surface area contributed by atoms with Crippen molar-refractivity contribution in [3.8, 4) is 0 Å². The molecule has 5 nitrogen and oxygen atoms in total. The molecule has 1 N–H and O–H groups in total. The first-order chi connectivity index (χ1) is 11.7. The molecule has 0 saturated carbocycles. The van der Waals surface area contributed by atoms with Crippen LogP contribution in [0, 0.1) is 11.3 Å². The summed E-state index contributed by atoms with van der Waals surface area (Å²) in [5.74, 6) is 2.02. The van der Waals surface area contributed by atoms with E-state index < -0.39 is 0 Å². The number of ether oxygens (including phenoxy) is 1. The monoisotopic (exact) mass is 336 g/mol. The molecular formula is C19H36N4O. The molecule has 0 amide bonds. The minimum Gasteiger partial charge on any atom is -0.381 e. The van der Waals surface area contributed by atoms with Gasteiger partial charge in [-0.1, -0.05) is 6.92 Å². The molecule has 0 aliphatic carbocycles. The van der Waals surface area contributed by atoms with E-state index in [-0.39, 0.29) is 0 Å². The third-order valence-corrected chi connectivity index (χ3v) is 6.20. The predicted molar refractivity (Wildman–Crippen MR) is 99.5 cm³/mol. The van der Waals surface area contributed by atoms with Crippen molar-refractivity contribution in [2.75, 3.05) is 59.5 Å². The third kappa shape index (κ3) is 4.63. The van der Waals surface area contributed by atoms with Gasteiger partial charge in [0.2, 0.25) is 0 Å². The van der Waals surface area contributed by atoms with E-state index in [2.05, 4.69) is 27.0 Å². The molecule has 0 aromatic rings. The summed E-state index contributed by atoms with van der Waals surface area (Å²) >= 11 is 0. The Bertz CT molecular complexity index is 412. The second-order valence-electron chi connectivity index (χ2n) is 8.18. The van der Waals surface area contributed by atoms with Crippen LogP contribution in [0.5, 0.6) is 0 Å². The molecular weight excluding hydrogens is 300 g/mol. The van der Waals surface area contributed by atoms with Crippen LogP contribution in [0.1, 0.15) is 45.4 Å². The van der Waals surface area contributed by atoms with Crippen molar-refractivity contribution in [1.29, 1.82) is 0 Å². The van der Waals surface area contributed by atoms with Crippen molar-refractivity contribution >= 4 is 5.96 Å². The Balaban J connectivity index is 1.31. The first-order valence-electron chi connectivity index (χ1n) is 9.96. The van der Waals surface area contributed by atoms with Gasteiger partial charge in [0, 0.05) is 38.7 Å². The average molecular weight is 337 g/mol. The highest BCUT2D eigenvalue weighted by Crippen LogP contribution is 2.38. The number of hydrogen-bond donors (Lipinski definition) is 1. The second-order valence-corrected chi connectivity index (χ2v) is 8.18. The SMILES string of the molecule is CN=C(NCCCCN1CCC(C)CC1)N1CCC2(CCOC2)C1. The van der Waals surface area contributed by atoms with Gasteiger partial charge in [0.05, 0.1) is 6.61 Å². The van der Waals surface area contributed by atoms with E-state index in [1.807, 2.05) is 7.05 Å². The van der Waals surface area contributed by atoms with E-state index in [0.717, 1.165) is 44.7 Å². The lowest BCUT2D eigenvalue weighted by Gasteiger charge is -2.30. The standard InChI is InChI=1S/C19H36N4O/c1-17-5-11-22(12-6-17)10-4-3-9-21-18(20-2)23-13-7-19(15-23)8-14-24-16-19/h17H,3-16H2,1-2H3,(H,20,21). The summed E-state index contributed by atoms with van der Waals surface area (Å²) in [6.07, 6.45) is 7.75. The number of aliphatic imine (C=N–C) groups is 1. The van der Waals surface area contributed by atoms with Crippen molar-refractivity contribution in [2.45, 2.75) is 45.4 Å². The first kappa shape index (κ1) is 18.0. The lowest BCUT2D eigenvalue weighted by molar-refractivity contribution is 0.156. The van der Waals surface area contributed by atoms with Gasteiger partial charge in [0.25, 0.3) is 0 Å². The van der Waals surface area contributed by atoms with E-state index in [4.69, 9.17) is 4.74 Å². The fourth-order valence-corrected chi connectivity index (χ4v) is 4.37. The Morgan fingerprint density at radius 1 is 1.21 bits per heavy atom. The number of piperidine rings is 1. The minimum atomic E-state index is 0.406. The zero-order valence-corrected chi connectivity index (χ0v) is 15.7. The van der Waals surface area contributed by atoms with Crippen molar-refractivity contribution in [3.05, 3.63) is 0 Å². The van der Waals surface area contributed by atoms with Gasteiger partial charge >= 0.3 is 0 Å². The topological polar surface area (TPSA) is 40.1 Å². The van der Waals surface area contributed by atoms with Gasteiger partial charge in [-0.05, 0) is 64.1 Å². The van der Waals surface area contributed by atoms with Gasteiger partial charge in [-0.15, -0.1) is 0 Å². The molecule has 1 atom stereocenters. The van der Waals surface area contributed by atoms with E-state index in [9.17, 15) is 0 Å². The molecule has 1 unspecified atom stereocenters. The molecule has 138 valence electrons. The molecule has 0 aromatic carbocycles. The Kier molecular flexibility index (Phi) is 6.39. The number of likely N-dealkylation sites (tertiary alicyclic amines) is 2. The lowest BCUT2D eigenvalue weighted by atomic mass is 9.87. The van der Waals surface area contributed by atoms with E-state index >= 15 is 0 Å². The number of rotatable bonds is 5. The highest BCUT2D eigenvalue weighted by molar-refractivity contribution is 5.80. The summed E-state index contributed by atoms with van der Waals surface area (Å²) in [6, 6.07) is 0. The van der Waals surface area contributed by atoms with Crippen molar-refractivity contribution < 1.29 is 4.74 Å². The van der Waals surface area contributed by atoms with Crippen molar-refractivity contribution in [1.82, 2.24) is 15.1 Å². The summed E-state index contributed by atoms with van der Waals surface area (Å²) < 4.78 is 5.63. The molecule has 0 radical (unpaired) electrons. The number of nitrogens with one attached hydrogen (secondary N) is 1. The Morgan fingerprint density at radius 3 is 2.75 bits per heavy atom. The van der Waals surface area contributed by atoms with E-state index in [1.54, 1.807) is 0 Å². The number of nitrogens with zero attached hydrogens (tertiary/aromatic N) is 3. The summed E-state index contributed by atoms with van der Waals surface area (Å²) in [7, 11) is 1.91. The quantitative estimate of drug-likeness (QED) is 0.475. The summed E-state index contributed by atoms with van der Waals surface area (Å²) in [4.78, 5) is 9.57. The number of guanidine groups is 1. The molecule has 0 aromatic heterocycles. The molecule has 0 bridgehead atoms. The fourth-order valence-electron chi connectivity index (χ4n) is 4.37. The molecule has 3 saturated heterocycles. The molecule has 1 spiro atoms. The molecule has 3 heterocycles. The number of hydrogen-bond acceptors (Lipinski definition) is 3. The molecule has 3 fully saturated rings. The largest absolute Gasteiger partial charge is 0.381 e. The van der Waals surface area contributed by atoms with Crippen LogP contribution in [0.3, 0.4) is 0 Å². The van der Waals surface area contributed by atoms with Crippen LogP contribution >= 0.6 is 0 Å². The van der Waals surface area contributed by atoms with Crippen LogP contribution in [0.2, 0.25) is 0 Å². The van der Waals surface area contributed by atoms with Crippen LogP contribution in [-0.2, 0) is 4.74 Å². The fraction of sp³-hybridized carbons (Fsp3) is 0.947. The van der Waals surface area contributed by atoms with Crippen molar-refractivity contribution in [3.63, 3.8) is 0 Å². The summed E-state index contributed by atoms with van der Waals surface area (Å²) in [6.45, 7) is 11.4. The number of unbranched alkanes of at least 4 members (excludes halogenated alkanes) is 1. The lowest BCUT2D eigenvalue weighted by Crippen LogP contribution is -2.42. The summed E-state index contributed by atoms with van der Waals surface area (Å²) in [5.41, 5.74) is 0.406. The minimum absolute atomic E-state index is 0.406. The zero-order chi connectivity index (χ0) is 16.8. The highest BCUT2D eigenvalue weighted by atomic mass is 16.5. The maximum absolute atomic E-state index is 5.63. The highest BCUT2D eigenvalue weighted by Gasteiger charge is 2.42. The van der Waals surface area contributed by atoms with Crippen LogP contribution in [-0.4, -0.2) is 75.3 Å². The smallest absolute Gasteiger partial charge is 0.193 e. The molecule has 3 aliphatic heterocycles. The van der Waals surface area contributed by atoms with Crippen LogP contribution in [0.25, 0.3) is 0 Å². The normalized spacial score (nSPS) is 29.8. The van der Waals surface area contributed by atoms with Gasteiger partial charge in [0.15, 0.2) is 5.96 Å². The van der Waals surface area contributed by atoms with E-state index in [0.29, 0.717) is 5.41 Å². The second kappa shape index (κ2) is 8.52. The molecule has 5 heteroatoms. The molecule has 24 heavy (non-hydrogen) atoms. The van der Waals surface area contributed by atoms with Crippen LogP contribution in [0.15, 0.2) is 4.99 Å². The van der Waals surface area contributed by atoms with Crippen LogP contribution < -0.4 is 5.32 Å². The first-order valence-corrected chi connectivity index (χ1v) is 9.96. The zero-order valence-electron chi connectivity index (χ0n) is 15.7.